The molecule has 1 aromatic carbocycles. The average Bonchev–Trinajstić information content (AvgIpc) is 2.62. The van der Waals surface area contributed by atoms with Crippen LogP contribution in [0.1, 0.15) is 28.8 Å². The van der Waals surface area contributed by atoms with Gasteiger partial charge in [-0.1, -0.05) is 0 Å². The van der Waals surface area contributed by atoms with Crippen LogP contribution < -0.4 is 5.32 Å². The Morgan fingerprint density at radius 2 is 1.79 bits per heavy atom. The second-order valence-corrected chi connectivity index (χ2v) is 6.29. The van der Waals surface area contributed by atoms with Gasteiger partial charge in [-0.05, 0) is 73.8 Å². The number of carbonyl (C=O) groups is 1. The highest BCUT2D eigenvalue weighted by Gasteiger charge is 2.20. The zero-order chi connectivity index (χ0) is 16.8. The zero-order valence-corrected chi connectivity index (χ0v) is 13.6. The monoisotopic (exact) mass is 327 g/mol. The molecular formula is C19H22FN3O. The van der Waals surface area contributed by atoms with Gasteiger partial charge in [-0.3, -0.25) is 14.7 Å². The lowest BCUT2D eigenvalue weighted by Crippen LogP contribution is -2.38. The number of hydrogen-bond acceptors (Lipinski definition) is 3. The first-order valence-corrected chi connectivity index (χ1v) is 8.36. The standard InChI is InChI=1S/C19H22FN3O/c20-18-3-1-17(2-4-18)19(24)22-13-15-7-11-23(12-8-15)14-16-5-9-21-10-6-16/h1-6,9-10,15H,7-8,11-14H2,(H,22,24). The van der Waals surface area contributed by atoms with Gasteiger partial charge in [0.15, 0.2) is 0 Å². The van der Waals surface area contributed by atoms with Crippen molar-refractivity contribution in [3.63, 3.8) is 0 Å². The predicted molar refractivity (Wildman–Crippen MR) is 91.0 cm³/mol. The molecule has 24 heavy (non-hydrogen) atoms. The molecule has 1 aliphatic rings. The van der Waals surface area contributed by atoms with Crippen molar-refractivity contribution < 1.29 is 9.18 Å². The van der Waals surface area contributed by atoms with Crippen molar-refractivity contribution in [1.29, 1.82) is 0 Å². The smallest absolute Gasteiger partial charge is 0.251 e. The minimum absolute atomic E-state index is 0.130. The first-order chi connectivity index (χ1) is 11.7. The summed E-state index contributed by atoms with van der Waals surface area (Å²) in [7, 11) is 0. The highest BCUT2D eigenvalue weighted by Crippen LogP contribution is 2.18. The molecule has 1 amide bonds. The average molecular weight is 327 g/mol. The van der Waals surface area contributed by atoms with Crippen LogP contribution in [0.15, 0.2) is 48.8 Å². The van der Waals surface area contributed by atoms with E-state index in [1.54, 1.807) is 0 Å². The lowest BCUT2D eigenvalue weighted by atomic mass is 9.96. The molecule has 3 rings (SSSR count). The van der Waals surface area contributed by atoms with Gasteiger partial charge in [0.2, 0.25) is 0 Å². The molecule has 1 aromatic heterocycles. The van der Waals surface area contributed by atoms with Gasteiger partial charge in [0.1, 0.15) is 5.82 Å². The van der Waals surface area contributed by atoms with Crippen molar-refractivity contribution in [3.05, 3.63) is 65.7 Å². The van der Waals surface area contributed by atoms with Crippen molar-refractivity contribution in [2.24, 2.45) is 5.92 Å². The molecule has 0 saturated carbocycles. The molecule has 1 N–H and O–H groups in total. The lowest BCUT2D eigenvalue weighted by Gasteiger charge is -2.32. The molecule has 0 atom stereocenters. The number of benzene rings is 1. The van der Waals surface area contributed by atoms with Gasteiger partial charge in [-0.25, -0.2) is 4.39 Å². The van der Waals surface area contributed by atoms with Gasteiger partial charge in [0, 0.05) is 31.0 Å². The van der Waals surface area contributed by atoms with Gasteiger partial charge >= 0.3 is 0 Å². The number of amides is 1. The first kappa shape index (κ1) is 16.6. The summed E-state index contributed by atoms with van der Waals surface area (Å²) < 4.78 is 12.9. The lowest BCUT2D eigenvalue weighted by molar-refractivity contribution is 0.0935. The number of rotatable bonds is 5. The number of carbonyl (C=O) groups excluding carboxylic acids is 1. The van der Waals surface area contributed by atoms with E-state index >= 15 is 0 Å². The highest BCUT2D eigenvalue weighted by molar-refractivity contribution is 5.94. The van der Waals surface area contributed by atoms with Gasteiger partial charge in [-0.2, -0.15) is 0 Å². The summed E-state index contributed by atoms with van der Waals surface area (Å²) in [5, 5.41) is 2.96. The largest absolute Gasteiger partial charge is 0.352 e. The van der Waals surface area contributed by atoms with Crippen LogP contribution in [0.2, 0.25) is 0 Å². The summed E-state index contributed by atoms with van der Waals surface area (Å²) in [6.07, 6.45) is 5.81. The third-order valence-electron chi connectivity index (χ3n) is 4.52. The Kier molecular flexibility index (Phi) is 5.54. The van der Waals surface area contributed by atoms with E-state index in [0.717, 1.165) is 32.5 Å². The van der Waals surface area contributed by atoms with Crippen molar-refractivity contribution in [2.45, 2.75) is 19.4 Å². The molecule has 1 aliphatic heterocycles. The van der Waals surface area contributed by atoms with E-state index < -0.39 is 0 Å². The van der Waals surface area contributed by atoms with Crippen molar-refractivity contribution in [2.75, 3.05) is 19.6 Å². The Morgan fingerprint density at radius 3 is 2.46 bits per heavy atom. The van der Waals surface area contributed by atoms with Crippen molar-refractivity contribution in [1.82, 2.24) is 15.2 Å². The second kappa shape index (κ2) is 8.02. The van der Waals surface area contributed by atoms with E-state index in [9.17, 15) is 9.18 Å². The topological polar surface area (TPSA) is 45.2 Å². The van der Waals surface area contributed by atoms with Gasteiger partial charge in [0.05, 0.1) is 0 Å². The third kappa shape index (κ3) is 4.61. The summed E-state index contributed by atoms with van der Waals surface area (Å²) in [4.78, 5) is 18.5. The Balaban J connectivity index is 1.41. The first-order valence-electron chi connectivity index (χ1n) is 8.36. The van der Waals surface area contributed by atoms with Gasteiger partial charge in [0.25, 0.3) is 5.91 Å². The summed E-state index contributed by atoms with van der Waals surface area (Å²) >= 11 is 0. The van der Waals surface area contributed by atoms with Crippen LogP contribution in [-0.2, 0) is 6.54 Å². The fraction of sp³-hybridized carbons (Fsp3) is 0.368. The van der Waals surface area contributed by atoms with Gasteiger partial charge < -0.3 is 5.32 Å². The SMILES string of the molecule is O=C(NCC1CCN(Cc2ccncc2)CC1)c1ccc(F)cc1. The molecular weight excluding hydrogens is 305 g/mol. The maximum Gasteiger partial charge on any atom is 0.251 e. The van der Waals surface area contributed by atoms with E-state index in [0.29, 0.717) is 18.0 Å². The number of aromatic nitrogens is 1. The summed E-state index contributed by atoms with van der Waals surface area (Å²) in [5.74, 6) is 0.0467. The van der Waals surface area contributed by atoms with E-state index in [-0.39, 0.29) is 11.7 Å². The molecule has 0 unspecified atom stereocenters. The summed E-state index contributed by atoms with van der Waals surface area (Å²) in [6.45, 7) is 3.72. The summed E-state index contributed by atoms with van der Waals surface area (Å²) in [5.41, 5.74) is 1.79. The molecule has 0 spiro atoms. The number of halogens is 1. The van der Waals surface area contributed by atoms with E-state index in [1.807, 2.05) is 12.4 Å². The Morgan fingerprint density at radius 1 is 1.12 bits per heavy atom. The Labute approximate surface area is 141 Å². The molecule has 2 heterocycles. The van der Waals surface area contributed by atoms with E-state index in [2.05, 4.69) is 27.3 Å². The molecule has 0 aliphatic carbocycles. The van der Waals surface area contributed by atoms with Crippen LogP contribution in [0.3, 0.4) is 0 Å². The molecule has 4 nitrogen and oxygen atoms in total. The summed E-state index contributed by atoms with van der Waals surface area (Å²) in [6, 6.07) is 9.76. The normalized spacial score (nSPS) is 16.0. The minimum Gasteiger partial charge on any atom is -0.352 e. The maximum atomic E-state index is 12.9. The number of nitrogens with zero attached hydrogens (tertiary/aromatic N) is 2. The molecule has 0 bridgehead atoms. The van der Waals surface area contributed by atoms with Crippen molar-refractivity contribution >= 4 is 5.91 Å². The van der Waals surface area contributed by atoms with Crippen LogP contribution in [0, 0.1) is 11.7 Å². The van der Waals surface area contributed by atoms with Crippen molar-refractivity contribution in [3.8, 4) is 0 Å². The fourth-order valence-electron chi connectivity index (χ4n) is 3.04. The molecule has 2 aromatic rings. The number of piperidine rings is 1. The number of nitrogens with one attached hydrogen (secondary N) is 1. The number of pyridine rings is 1. The van der Waals surface area contributed by atoms with Gasteiger partial charge in [-0.15, -0.1) is 0 Å². The second-order valence-electron chi connectivity index (χ2n) is 6.29. The highest BCUT2D eigenvalue weighted by atomic mass is 19.1. The Bertz CT molecular complexity index is 652. The van der Waals surface area contributed by atoms with Crippen LogP contribution in [0.4, 0.5) is 4.39 Å². The fourth-order valence-corrected chi connectivity index (χ4v) is 3.04. The van der Waals surface area contributed by atoms with Crippen LogP contribution in [0.5, 0.6) is 0 Å². The Hall–Kier alpha value is -2.27. The van der Waals surface area contributed by atoms with Crippen LogP contribution in [0.25, 0.3) is 0 Å². The molecule has 1 fully saturated rings. The maximum absolute atomic E-state index is 12.9. The third-order valence-corrected chi connectivity index (χ3v) is 4.52. The molecule has 1 saturated heterocycles. The quantitative estimate of drug-likeness (QED) is 0.918. The minimum atomic E-state index is -0.326. The predicted octanol–water partition coefficient (Wildman–Crippen LogP) is 2.86. The van der Waals surface area contributed by atoms with Crippen LogP contribution >= 0.6 is 0 Å². The van der Waals surface area contributed by atoms with E-state index in [1.165, 1.54) is 29.8 Å². The van der Waals surface area contributed by atoms with E-state index in [4.69, 9.17) is 0 Å². The molecule has 0 radical (unpaired) electrons. The zero-order valence-electron chi connectivity index (χ0n) is 13.6. The van der Waals surface area contributed by atoms with Crippen LogP contribution in [-0.4, -0.2) is 35.4 Å². The molecule has 126 valence electrons. The number of likely N-dealkylation sites (tertiary alicyclic amines) is 1. The number of hydrogen-bond donors (Lipinski definition) is 1. The molecule has 5 heteroatoms.